The number of aliphatic hydroxyl groups excluding tert-OH is 1. The van der Waals surface area contributed by atoms with Crippen LogP contribution in [0.2, 0.25) is 0 Å². The van der Waals surface area contributed by atoms with E-state index in [-0.39, 0.29) is 88.7 Å². The minimum Gasteiger partial charge on any atom is -0.759 e. The molecule has 0 aromatic rings. The smallest absolute Gasteiger partial charge is 0.759 e. The van der Waals surface area contributed by atoms with Gasteiger partial charge in [-0.1, -0.05) is 104 Å². The van der Waals surface area contributed by atoms with Crippen LogP contribution in [0.5, 0.6) is 0 Å². The first-order chi connectivity index (χ1) is 12.3. The quantitative estimate of drug-likeness (QED) is 0.0903. The van der Waals surface area contributed by atoms with Crippen molar-refractivity contribution in [2.45, 2.75) is 117 Å². The van der Waals surface area contributed by atoms with Gasteiger partial charge >= 0.3 is 88.7 Å². The van der Waals surface area contributed by atoms with Crippen LogP contribution in [0.25, 0.3) is 0 Å². The van der Waals surface area contributed by atoms with E-state index in [9.17, 15) is 0 Å². The number of hydrogen-bond acceptors (Lipinski definition) is 5. The Morgan fingerprint density at radius 2 is 0.862 bits per heavy atom. The van der Waals surface area contributed by atoms with Crippen LogP contribution in [0.1, 0.15) is 117 Å². The third kappa shape index (κ3) is 80.6. The molecule has 0 rings (SSSR count). The van der Waals surface area contributed by atoms with Crippen LogP contribution in [-0.2, 0) is 10.4 Å². The Morgan fingerprint density at radius 3 is 1.10 bits per heavy atom. The van der Waals surface area contributed by atoms with Crippen LogP contribution in [0, 0.1) is 6.92 Å². The van der Waals surface area contributed by atoms with E-state index in [0.717, 1.165) is 12.8 Å². The molecular formula is C20H43Na3O5S. The van der Waals surface area contributed by atoms with Crippen molar-refractivity contribution in [2.24, 2.45) is 0 Å². The van der Waals surface area contributed by atoms with Gasteiger partial charge in [0.1, 0.15) is 0 Å². The molecule has 1 N–H and O–H groups in total. The zero-order valence-corrected chi connectivity index (χ0v) is 27.0. The Labute approximate surface area is 248 Å². The van der Waals surface area contributed by atoms with E-state index in [2.05, 4.69) is 20.8 Å². The fourth-order valence-corrected chi connectivity index (χ4v) is 2.38. The normalized spacial score (nSPS) is 9.45. The number of aliphatic hydroxyl groups is 1. The van der Waals surface area contributed by atoms with Gasteiger partial charge < -0.3 is 21.1 Å². The molecule has 0 unspecified atom stereocenters. The fraction of sp³-hybridized carbons (Fsp3) is 0.950. The maximum atomic E-state index is 8.52. The van der Waals surface area contributed by atoms with Crippen molar-refractivity contribution in [2.75, 3.05) is 6.61 Å². The van der Waals surface area contributed by atoms with E-state index >= 15 is 0 Å². The summed E-state index contributed by atoms with van der Waals surface area (Å²) in [6.45, 7) is 8.69. The summed E-state index contributed by atoms with van der Waals surface area (Å²) in [7, 11) is -5.17. The predicted octanol–water partition coefficient (Wildman–Crippen LogP) is -3.25. The van der Waals surface area contributed by atoms with Gasteiger partial charge in [0.25, 0.3) is 0 Å². The second kappa shape index (κ2) is 41.1. The zero-order valence-electron chi connectivity index (χ0n) is 20.2. The molecule has 0 aliphatic rings. The van der Waals surface area contributed by atoms with Crippen LogP contribution >= 0.6 is 0 Å². The summed E-state index contributed by atoms with van der Waals surface area (Å²) in [6.07, 6.45) is 21.3. The molecule has 29 heavy (non-hydrogen) atoms. The van der Waals surface area contributed by atoms with Crippen molar-refractivity contribution in [1.82, 2.24) is 0 Å². The van der Waals surface area contributed by atoms with E-state index in [1.165, 1.54) is 89.9 Å². The van der Waals surface area contributed by atoms with Gasteiger partial charge in [0.2, 0.25) is 0 Å². The average molecular weight is 465 g/mol. The van der Waals surface area contributed by atoms with E-state index in [0.29, 0.717) is 6.61 Å². The van der Waals surface area contributed by atoms with Crippen molar-refractivity contribution in [3.8, 4) is 0 Å². The Balaban J connectivity index is -0.0000000688. The average Bonchev–Trinajstić information content (AvgIpc) is 2.56. The largest absolute Gasteiger partial charge is 1.00 e. The van der Waals surface area contributed by atoms with Gasteiger partial charge in [-0.3, -0.25) is 8.42 Å². The van der Waals surface area contributed by atoms with E-state index < -0.39 is 10.4 Å². The van der Waals surface area contributed by atoms with Gasteiger partial charge in [0.15, 0.2) is 0 Å². The van der Waals surface area contributed by atoms with E-state index in [1.54, 1.807) is 0 Å². The molecule has 0 aromatic carbocycles. The third-order valence-electron chi connectivity index (χ3n) is 3.87. The van der Waals surface area contributed by atoms with Crippen LogP contribution < -0.4 is 88.7 Å². The molecular weight excluding hydrogens is 421 g/mol. The molecule has 0 aromatic heterocycles. The topological polar surface area (TPSA) is 100 Å². The molecule has 0 radical (unpaired) electrons. The molecule has 0 fully saturated rings. The summed E-state index contributed by atoms with van der Waals surface area (Å²) in [5.41, 5.74) is 0. The molecule has 5 nitrogen and oxygen atoms in total. The Hall–Kier alpha value is 2.83. The SMILES string of the molecule is CCCCCCCCCCO.O=S(=O)([O-])[O-].[CH2-]CCCCCCCCC.[Na+].[Na+].[Na+]. The molecule has 0 bridgehead atoms. The molecule has 162 valence electrons. The van der Waals surface area contributed by atoms with Gasteiger partial charge in [-0.25, -0.2) is 0 Å². The second-order valence-corrected chi connectivity index (χ2v) is 7.40. The molecule has 0 aliphatic heterocycles. The molecule has 9 heteroatoms. The number of hydrogen-bond donors (Lipinski definition) is 1. The number of rotatable bonds is 15. The first-order valence-corrected chi connectivity index (χ1v) is 11.7. The van der Waals surface area contributed by atoms with E-state index in [1.807, 2.05) is 0 Å². The van der Waals surface area contributed by atoms with Crippen molar-refractivity contribution >= 4 is 10.4 Å². The first-order valence-electron chi connectivity index (χ1n) is 10.4. The molecule has 0 amide bonds. The Morgan fingerprint density at radius 1 is 0.621 bits per heavy atom. The summed E-state index contributed by atoms with van der Waals surface area (Å²) in [5, 5.41) is 8.51. The first kappa shape index (κ1) is 45.3. The molecule has 0 heterocycles. The molecule has 0 saturated heterocycles. The van der Waals surface area contributed by atoms with Gasteiger partial charge in [-0.2, -0.15) is 6.42 Å². The zero-order chi connectivity index (χ0) is 20.5. The van der Waals surface area contributed by atoms with Gasteiger partial charge in [0.05, 0.1) is 0 Å². The van der Waals surface area contributed by atoms with Crippen LogP contribution in [0.15, 0.2) is 0 Å². The Bertz CT molecular complexity index is 308. The van der Waals surface area contributed by atoms with Gasteiger partial charge in [-0.15, -0.1) is 0 Å². The standard InChI is InChI=1S/C10H22O.C10H21.3Na.H2O4S/c1-2-3-4-5-6-7-8-9-10-11;1-3-5-7-9-10-8-6-4-2;;;;1-5(2,3)4/h11H,2-10H2,1H3;1,3-10H2,2H3;;;;(H2,1,2,3,4)/q;-1;3*+1;/p-2. The summed E-state index contributed by atoms with van der Waals surface area (Å²) < 4.78 is 34.1. The summed E-state index contributed by atoms with van der Waals surface area (Å²) in [4.78, 5) is 0. The van der Waals surface area contributed by atoms with Crippen molar-refractivity contribution in [3.63, 3.8) is 0 Å². The van der Waals surface area contributed by atoms with Crippen molar-refractivity contribution < 1.29 is 111 Å². The minimum absolute atomic E-state index is 0. The van der Waals surface area contributed by atoms with Crippen LogP contribution in [0.3, 0.4) is 0 Å². The third-order valence-corrected chi connectivity index (χ3v) is 3.87. The minimum atomic E-state index is -5.17. The fourth-order valence-electron chi connectivity index (χ4n) is 2.38. The van der Waals surface area contributed by atoms with Crippen LogP contribution in [-0.4, -0.2) is 29.2 Å². The molecule has 0 spiro atoms. The second-order valence-electron chi connectivity index (χ2n) is 6.58. The molecule has 0 aliphatic carbocycles. The van der Waals surface area contributed by atoms with Crippen molar-refractivity contribution in [3.05, 3.63) is 6.92 Å². The summed E-state index contributed by atoms with van der Waals surface area (Å²) >= 11 is 0. The summed E-state index contributed by atoms with van der Waals surface area (Å²) in [5.74, 6) is 0. The van der Waals surface area contributed by atoms with E-state index in [4.69, 9.17) is 22.6 Å². The van der Waals surface area contributed by atoms with Gasteiger partial charge in [0, 0.05) is 17.0 Å². The molecule has 0 saturated carbocycles. The predicted molar refractivity (Wildman–Crippen MR) is 108 cm³/mol. The van der Waals surface area contributed by atoms with Gasteiger partial charge in [-0.05, 0) is 6.42 Å². The maximum absolute atomic E-state index is 8.52. The summed E-state index contributed by atoms with van der Waals surface area (Å²) in [6, 6.07) is 0. The van der Waals surface area contributed by atoms with Crippen LogP contribution in [0.4, 0.5) is 0 Å². The number of unbranched alkanes of at least 4 members (excludes halogenated alkanes) is 14. The maximum Gasteiger partial charge on any atom is 1.00 e. The molecule has 0 atom stereocenters. The monoisotopic (exact) mass is 464 g/mol. The van der Waals surface area contributed by atoms with Crippen molar-refractivity contribution in [1.29, 1.82) is 0 Å². The Kier molecular flexibility index (Phi) is 64.3.